The van der Waals surface area contributed by atoms with Crippen molar-refractivity contribution in [2.45, 2.75) is 19.3 Å². The molecule has 0 atom stereocenters. The fourth-order valence-corrected chi connectivity index (χ4v) is 4.13. The van der Waals surface area contributed by atoms with Crippen LogP contribution >= 0.6 is 11.3 Å². The fourth-order valence-electron chi connectivity index (χ4n) is 3.11. The van der Waals surface area contributed by atoms with Crippen molar-refractivity contribution in [2.24, 2.45) is 0 Å². The van der Waals surface area contributed by atoms with Crippen molar-refractivity contribution in [2.75, 3.05) is 37.8 Å². The first kappa shape index (κ1) is 17.6. The predicted octanol–water partition coefficient (Wildman–Crippen LogP) is 2.42. The van der Waals surface area contributed by atoms with E-state index < -0.39 is 0 Å². The molecule has 140 valence electrons. The van der Waals surface area contributed by atoms with Crippen molar-refractivity contribution in [3.05, 3.63) is 23.5 Å². The van der Waals surface area contributed by atoms with Gasteiger partial charge in [-0.05, 0) is 19.3 Å². The van der Waals surface area contributed by atoms with Crippen molar-refractivity contribution >= 4 is 39.2 Å². The summed E-state index contributed by atoms with van der Waals surface area (Å²) in [5, 5.41) is 0. The molecule has 1 fully saturated rings. The van der Waals surface area contributed by atoms with E-state index in [9.17, 15) is 4.79 Å². The van der Waals surface area contributed by atoms with Crippen LogP contribution in [0.4, 0.5) is 11.6 Å². The van der Waals surface area contributed by atoms with Gasteiger partial charge in [-0.25, -0.2) is 19.9 Å². The fraction of sp³-hybridized carbons (Fsp3) is 0.389. The van der Waals surface area contributed by atoms with Crippen molar-refractivity contribution in [1.29, 1.82) is 0 Å². The number of likely N-dealkylation sites (tertiary alicyclic amines) is 1. The number of thiophene rings is 1. The van der Waals surface area contributed by atoms with E-state index in [4.69, 9.17) is 5.73 Å². The Balaban J connectivity index is 1.67. The van der Waals surface area contributed by atoms with E-state index in [1.165, 1.54) is 17.8 Å². The van der Waals surface area contributed by atoms with Crippen LogP contribution < -0.4 is 10.6 Å². The molecule has 27 heavy (non-hydrogen) atoms. The van der Waals surface area contributed by atoms with E-state index >= 15 is 0 Å². The van der Waals surface area contributed by atoms with Gasteiger partial charge in [0.05, 0.1) is 17.6 Å². The lowest BCUT2D eigenvalue weighted by atomic mass is 10.1. The molecule has 3 aromatic rings. The van der Waals surface area contributed by atoms with Gasteiger partial charge in [-0.2, -0.15) is 0 Å². The molecule has 0 spiro atoms. The van der Waals surface area contributed by atoms with Crippen LogP contribution in [0.5, 0.6) is 0 Å². The zero-order valence-electron chi connectivity index (χ0n) is 15.3. The van der Waals surface area contributed by atoms with Gasteiger partial charge in [0.2, 0.25) is 5.95 Å². The van der Waals surface area contributed by atoms with Crippen LogP contribution in [0.2, 0.25) is 0 Å². The molecular formula is C18H21N7OS. The first-order valence-corrected chi connectivity index (χ1v) is 9.70. The summed E-state index contributed by atoms with van der Waals surface area (Å²) in [7, 11) is 3.77. The maximum absolute atomic E-state index is 12.8. The maximum atomic E-state index is 12.8. The highest BCUT2D eigenvalue weighted by Crippen LogP contribution is 2.33. The molecule has 0 saturated carbocycles. The van der Waals surface area contributed by atoms with Gasteiger partial charge in [0.25, 0.3) is 5.91 Å². The second-order valence-corrected chi connectivity index (χ2v) is 7.77. The summed E-state index contributed by atoms with van der Waals surface area (Å²) < 4.78 is 0. The lowest BCUT2D eigenvalue weighted by molar-refractivity contribution is 0.0730. The lowest BCUT2D eigenvalue weighted by Crippen LogP contribution is -2.35. The zero-order valence-corrected chi connectivity index (χ0v) is 16.2. The van der Waals surface area contributed by atoms with Crippen molar-refractivity contribution in [1.82, 2.24) is 24.8 Å². The normalized spacial score (nSPS) is 14.5. The topological polar surface area (TPSA) is 101 Å². The molecule has 0 bridgehead atoms. The van der Waals surface area contributed by atoms with Crippen LogP contribution in [0, 0.1) is 0 Å². The average Bonchev–Trinajstić information content (AvgIpc) is 3.04. The molecule has 2 N–H and O–H groups in total. The monoisotopic (exact) mass is 383 g/mol. The molecule has 4 heterocycles. The van der Waals surface area contributed by atoms with E-state index in [-0.39, 0.29) is 5.91 Å². The van der Waals surface area contributed by atoms with Crippen LogP contribution in [0.3, 0.4) is 0 Å². The molecule has 8 nitrogen and oxygen atoms in total. The summed E-state index contributed by atoms with van der Waals surface area (Å²) in [6, 6.07) is 0. The molecule has 4 rings (SSSR count). The minimum Gasteiger partial charge on any atom is -0.396 e. The highest BCUT2D eigenvalue weighted by atomic mass is 32.1. The number of nitrogen functional groups attached to an aromatic ring is 1. The number of hydrogen-bond donors (Lipinski definition) is 1. The number of fused-ring (bicyclic) bond motifs is 1. The Hall–Kier alpha value is -2.81. The standard InChI is InChI=1S/C18H21N7OS/c1-24(2)18-21-8-11(9-22-18)12-10-20-14-13(19)15(27-16(14)23-12)17(26)25-6-4-3-5-7-25/h8-10H,3-7,19H2,1-2H3. The van der Waals surface area contributed by atoms with Crippen LogP contribution in [-0.4, -0.2) is 57.9 Å². The SMILES string of the molecule is CN(C)c1ncc(-c2cnc3c(N)c(C(=O)N4CCCCC4)sc3n2)cn1. The number of hydrogen-bond acceptors (Lipinski definition) is 8. The molecule has 0 aromatic carbocycles. The summed E-state index contributed by atoms with van der Waals surface area (Å²) in [6.45, 7) is 1.57. The summed E-state index contributed by atoms with van der Waals surface area (Å²) in [4.78, 5) is 35.4. The zero-order chi connectivity index (χ0) is 19.0. The first-order chi connectivity index (χ1) is 13.0. The maximum Gasteiger partial charge on any atom is 0.266 e. The molecule has 1 aliphatic heterocycles. The van der Waals surface area contributed by atoms with Gasteiger partial charge in [-0.3, -0.25) is 4.79 Å². The van der Waals surface area contributed by atoms with E-state index in [0.29, 0.717) is 32.6 Å². The first-order valence-electron chi connectivity index (χ1n) is 8.88. The smallest absolute Gasteiger partial charge is 0.266 e. The number of rotatable bonds is 3. The Morgan fingerprint density at radius 3 is 2.48 bits per heavy atom. The molecule has 0 unspecified atom stereocenters. The van der Waals surface area contributed by atoms with Crippen molar-refractivity contribution in [3.63, 3.8) is 0 Å². The minimum atomic E-state index is -0.0165. The van der Waals surface area contributed by atoms with Gasteiger partial charge in [-0.1, -0.05) is 0 Å². The Bertz CT molecular complexity index is 977. The molecule has 0 radical (unpaired) electrons. The van der Waals surface area contributed by atoms with Crippen molar-refractivity contribution < 1.29 is 4.79 Å². The quantitative estimate of drug-likeness (QED) is 0.741. The number of nitrogens with zero attached hydrogens (tertiary/aromatic N) is 6. The van der Waals surface area contributed by atoms with Gasteiger partial charge in [0.15, 0.2) is 0 Å². The van der Waals surface area contributed by atoms with Gasteiger partial charge < -0.3 is 15.5 Å². The molecule has 1 aliphatic rings. The lowest BCUT2D eigenvalue weighted by Gasteiger charge is -2.26. The Morgan fingerprint density at radius 2 is 1.81 bits per heavy atom. The number of piperidine rings is 1. The molecule has 1 amide bonds. The third-order valence-corrected chi connectivity index (χ3v) is 5.69. The number of carbonyl (C=O) groups excluding carboxylic acids is 1. The van der Waals surface area contributed by atoms with Crippen LogP contribution in [0.15, 0.2) is 18.6 Å². The summed E-state index contributed by atoms with van der Waals surface area (Å²) >= 11 is 1.30. The molecule has 1 saturated heterocycles. The van der Waals surface area contributed by atoms with Gasteiger partial charge in [-0.15, -0.1) is 11.3 Å². The van der Waals surface area contributed by atoms with Crippen LogP contribution in [-0.2, 0) is 0 Å². The third kappa shape index (κ3) is 3.30. The van der Waals surface area contributed by atoms with Gasteiger partial charge in [0.1, 0.15) is 15.2 Å². The molecule has 3 aromatic heterocycles. The number of amides is 1. The second kappa shape index (κ2) is 7.07. The number of anilines is 2. The van der Waals surface area contributed by atoms with Crippen molar-refractivity contribution in [3.8, 4) is 11.3 Å². The number of carbonyl (C=O) groups is 1. The van der Waals surface area contributed by atoms with Crippen LogP contribution in [0.1, 0.15) is 28.9 Å². The van der Waals surface area contributed by atoms with E-state index in [1.54, 1.807) is 18.6 Å². The number of aromatic nitrogens is 4. The summed E-state index contributed by atoms with van der Waals surface area (Å²) in [5.41, 5.74) is 8.65. The van der Waals surface area contributed by atoms with E-state index in [0.717, 1.165) is 31.5 Å². The summed E-state index contributed by atoms with van der Waals surface area (Å²) in [6.07, 6.45) is 8.34. The summed E-state index contributed by atoms with van der Waals surface area (Å²) in [5.74, 6) is 0.611. The van der Waals surface area contributed by atoms with E-state index in [2.05, 4.69) is 19.9 Å². The molecule has 9 heteroatoms. The molecule has 0 aliphatic carbocycles. The molecular weight excluding hydrogens is 362 g/mol. The van der Waals surface area contributed by atoms with E-state index in [1.807, 2.05) is 23.9 Å². The predicted molar refractivity (Wildman–Crippen MR) is 107 cm³/mol. The number of nitrogens with two attached hydrogens (primary N) is 1. The Labute approximate surface area is 161 Å². The highest BCUT2D eigenvalue weighted by Gasteiger charge is 2.24. The van der Waals surface area contributed by atoms with Gasteiger partial charge >= 0.3 is 0 Å². The second-order valence-electron chi connectivity index (χ2n) is 6.77. The Kier molecular flexibility index (Phi) is 4.61. The van der Waals surface area contributed by atoms with Gasteiger partial charge in [0, 0.05) is 45.1 Å². The highest BCUT2D eigenvalue weighted by molar-refractivity contribution is 7.21. The third-order valence-electron chi connectivity index (χ3n) is 4.61. The largest absolute Gasteiger partial charge is 0.396 e. The van der Waals surface area contributed by atoms with Crippen LogP contribution in [0.25, 0.3) is 21.6 Å². The minimum absolute atomic E-state index is 0.0165. The average molecular weight is 383 g/mol. The Morgan fingerprint density at radius 1 is 1.11 bits per heavy atom.